The van der Waals surface area contributed by atoms with E-state index in [4.69, 9.17) is 9.47 Å². The Labute approximate surface area is 640 Å². The fourth-order valence-electron chi connectivity index (χ4n) is 15.6. The summed E-state index contributed by atoms with van der Waals surface area (Å²) in [5.74, 6) is -0.0183. The van der Waals surface area contributed by atoms with E-state index in [1.54, 1.807) is 0 Å². The number of rotatable bonds is 21. The van der Waals surface area contributed by atoms with Crippen LogP contribution in [0.3, 0.4) is 0 Å². The number of aromatic nitrogens is 1. The minimum atomic E-state index is -0.454. The van der Waals surface area contributed by atoms with Crippen molar-refractivity contribution in [1.82, 2.24) is 4.57 Å². The van der Waals surface area contributed by atoms with Crippen molar-refractivity contribution in [2.24, 2.45) is 10.8 Å². The first kappa shape index (κ1) is 77.8. The fourth-order valence-corrected chi connectivity index (χ4v) is 15.6. The number of benzene rings is 12. The zero-order valence-electron chi connectivity index (χ0n) is 63.3. The summed E-state index contributed by atoms with van der Waals surface area (Å²) in [7, 11) is 0. The van der Waals surface area contributed by atoms with Crippen molar-refractivity contribution < 1.29 is 54.3 Å². The van der Waals surface area contributed by atoms with Gasteiger partial charge in [-0.1, -0.05) is 251 Å². The summed E-state index contributed by atoms with van der Waals surface area (Å²) in [6, 6.07) is 83.4. The van der Waals surface area contributed by atoms with E-state index in [2.05, 4.69) is 213 Å². The average Bonchev–Trinajstić information content (AvgIpc) is 1.60. The second-order valence-corrected chi connectivity index (χ2v) is 31.4. The summed E-state index contributed by atoms with van der Waals surface area (Å²) < 4.78 is 48.4. The van der Waals surface area contributed by atoms with Gasteiger partial charge in [-0.25, -0.2) is 8.78 Å². The Hall–Kier alpha value is -9.83. The molecular formula is C96H98F2HfN2O4-2. The van der Waals surface area contributed by atoms with Gasteiger partial charge in [0, 0.05) is 70.1 Å². The number of fused-ring (bicyclic) bond motifs is 3. The van der Waals surface area contributed by atoms with Crippen molar-refractivity contribution in [2.45, 2.75) is 120 Å². The van der Waals surface area contributed by atoms with Gasteiger partial charge in [0.05, 0.1) is 35.6 Å². The molecule has 9 heteroatoms. The normalized spacial score (nSPS) is 11.8. The van der Waals surface area contributed by atoms with Crippen LogP contribution in [0.15, 0.2) is 249 Å². The second kappa shape index (κ2) is 31.9. The van der Waals surface area contributed by atoms with Crippen LogP contribution in [-0.4, -0.2) is 28.0 Å². The Bertz CT molecular complexity index is 5110. The number of hydrogen-bond acceptors (Lipinski definition) is 5. The molecule has 536 valence electrons. The van der Waals surface area contributed by atoms with Crippen molar-refractivity contribution in [3.8, 4) is 107 Å². The molecule has 1 heterocycles. The maximum Gasteiger partial charge on any atom is 0.147 e. The van der Waals surface area contributed by atoms with Crippen molar-refractivity contribution in [2.75, 3.05) is 18.5 Å². The number of unbranched alkanes of at least 4 members (excludes halogenated alkanes) is 1. The zero-order chi connectivity index (χ0) is 71.8. The molecule has 3 N–H and O–H groups in total. The van der Waals surface area contributed by atoms with Crippen molar-refractivity contribution in [3.63, 3.8) is 0 Å². The number of anilines is 2. The summed E-state index contributed by atoms with van der Waals surface area (Å²) in [5.41, 5.74) is 18.1. The Morgan fingerprint density at radius 2 is 0.724 bits per heavy atom. The van der Waals surface area contributed by atoms with E-state index in [1.165, 1.54) is 24.3 Å². The number of phenolic OH excluding ortho intramolecular Hbond substituents is 2. The Balaban J connectivity index is 0.00000394. The van der Waals surface area contributed by atoms with Gasteiger partial charge in [-0.05, 0) is 200 Å². The van der Waals surface area contributed by atoms with Crippen molar-refractivity contribution in [1.29, 1.82) is 0 Å². The van der Waals surface area contributed by atoms with Crippen LogP contribution in [0.4, 0.5) is 20.2 Å². The number of hydrogen-bond donors (Lipinski definition) is 3. The number of ether oxygens (including phenoxy) is 2. The van der Waals surface area contributed by atoms with Gasteiger partial charge >= 0.3 is 0 Å². The van der Waals surface area contributed by atoms with E-state index in [1.807, 2.05) is 105 Å². The van der Waals surface area contributed by atoms with Crippen molar-refractivity contribution >= 4 is 33.2 Å². The molecule has 0 unspecified atom stereocenters. The standard InChI is InChI=1S/C94H92F2N2O4.2CH3.Hf/c1-60-47-73(95)56-80(78-52-71(93(9,10)58-91(3,4)5)54-83(87(78)99)97-82-49-68(63-29-19-14-20-30-63)39-42-75(82)67-37-35-66(36-38-67)62-27-17-13-18-28-62)89(60)101-45-25-26-46-102-90-61(2)48-74(96)57-81(90)79-53-72(94(11,12)59-92(6,7)8)55-86(88(79)100)98-84-50-69(64-31-21-15-22-32-64)40-43-76(84)77-44-41-70(51-85(77)98)65-33-23-16-24-34-65;;;/h13-24,27-44,47-57,97,99-100H,25-26,45-46,58-59H2,1-12H3;2*1H3;/q;2*-1;. The van der Waals surface area contributed by atoms with E-state index in [0.29, 0.717) is 69.1 Å². The smallest absolute Gasteiger partial charge is 0.147 e. The Morgan fingerprint density at radius 1 is 0.362 bits per heavy atom. The quantitative estimate of drug-likeness (QED) is 0.0289. The van der Waals surface area contributed by atoms with E-state index >= 15 is 8.78 Å². The van der Waals surface area contributed by atoms with Crippen LogP contribution >= 0.6 is 0 Å². The second-order valence-electron chi connectivity index (χ2n) is 31.4. The van der Waals surface area contributed by atoms with Crippen LogP contribution in [0.1, 0.15) is 117 Å². The number of halogens is 2. The predicted molar refractivity (Wildman–Crippen MR) is 435 cm³/mol. The fraction of sp³-hybridized carbons (Fsp3) is 0.229. The van der Waals surface area contributed by atoms with Gasteiger partial charge in [0.15, 0.2) is 0 Å². The average molecular weight is 1560 g/mol. The first-order chi connectivity index (χ1) is 48.8. The third-order valence-electron chi connectivity index (χ3n) is 19.7. The Kier molecular flexibility index (Phi) is 23.6. The molecule has 0 aliphatic heterocycles. The molecule has 0 spiro atoms. The molecule has 0 aliphatic carbocycles. The summed E-state index contributed by atoms with van der Waals surface area (Å²) in [6.45, 7) is 26.5. The third-order valence-corrected chi connectivity index (χ3v) is 19.7. The molecule has 13 rings (SSSR count). The maximum absolute atomic E-state index is 16.3. The molecular weight excluding hydrogens is 1460 g/mol. The molecule has 0 fully saturated rings. The molecule has 1 aromatic heterocycles. The molecule has 6 nitrogen and oxygen atoms in total. The maximum atomic E-state index is 16.3. The number of aromatic hydroxyl groups is 2. The predicted octanol–water partition coefficient (Wildman–Crippen LogP) is 27.1. The van der Waals surface area contributed by atoms with Gasteiger partial charge in [0.2, 0.25) is 0 Å². The van der Waals surface area contributed by atoms with Crippen LogP contribution in [0.2, 0.25) is 0 Å². The van der Waals surface area contributed by atoms with Crippen molar-refractivity contribution in [3.05, 3.63) is 297 Å². The summed E-state index contributed by atoms with van der Waals surface area (Å²) in [6.07, 6.45) is 2.70. The summed E-state index contributed by atoms with van der Waals surface area (Å²) in [5, 5.41) is 32.0. The first-order valence-electron chi connectivity index (χ1n) is 35.7. The van der Waals surface area contributed by atoms with Crippen LogP contribution in [0, 0.1) is 51.2 Å². The molecule has 0 saturated heterocycles. The molecule has 0 aliphatic rings. The molecule has 0 saturated carbocycles. The Morgan fingerprint density at radius 3 is 1.15 bits per heavy atom. The number of phenols is 2. The molecule has 0 amide bonds. The first-order valence-corrected chi connectivity index (χ1v) is 35.7. The van der Waals surface area contributed by atoms with Crippen LogP contribution in [0.5, 0.6) is 23.0 Å². The van der Waals surface area contributed by atoms with E-state index in [0.717, 1.165) is 107 Å². The van der Waals surface area contributed by atoms with Gasteiger partial charge in [-0.2, -0.15) is 0 Å². The van der Waals surface area contributed by atoms with Gasteiger partial charge < -0.3 is 44.4 Å². The topological polar surface area (TPSA) is 75.9 Å². The van der Waals surface area contributed by atoms with Gasteiger partial charge in [0.25, 0.3) is 0 Å². The zero-order valence-corrected chi connectivity index (χ0v) is 66.9. The largest absolute Gasteiger partial charge is 0.505 e. The molecule has 13 aromatic rings. The number of aryl methyl sites for hydroxylation is 2. The van der Waals surface area contributed by atoms with Crippen LogP contribution in [-0.2, 0) is 36.7 Å². The number of nitrogens with zero attached hydrogens (tertiary/aromatic N) is 1. The number of nitrogens with one attached hydrogen (secondary N) is 1. The van der Waals surface area contributed by atoms with Crippen LogP contribution in [0.25, 0.3) is 105 Å². The molecule has 12 aromatic carbocycles. The van der Waals surface area contributed by atoms with Gasteiger partial charge in [0.1, 0.15) is 34.6 Å². The third kappa shape index (κ3) is 17.1. The van der Waals surface area contributed by atoms with Gasteiger partial charge in [-0.15, -0.1) is 0 Å². The summed E-state index contributed by atoms with van der Waals surface area (Å²) in [4.78, 5) is 0. The molecule has 0 radical (unpaired) electrons. The molecule has 105 heavy (non-hydrogen) atoms. The summed E-state index contributed by atoms with van der Waals surface area (Å²) >= 11 is 0. The van der Waals surface area contributed by atoms with Crippen LogP contribution < -0.4 is 14.8 Å². The minimum Gasteiger partial charge on any atom is -0.505 e. The SMILES string of the molecule is Cc1cc(F)cc(-c2cc(C(C)(C)CC(C)(C)C)cc(Nc3cc(-c4ccccc4)ccc3-c3ccc(-c4ccccc4)cc3)c2O)c1OCCCCOc1c(C)cc(F)cc1-c1cc(C(C)(C)CC(C)(C)C)cc(-n2c3cc(-c4ccccc4)ccc3c3ccc(-c4ccccc4)cc32)c1O.[CH3-].[CH3-].[Hf]. The molecule has 0 atom stereocenters. The van der Waals surface area contributed by atoms with E-state index < -0.39 is 22.5 Å². The monoisotopic (exact) mass is 1560 g/mol. The minimum absolute atomic E-state index is 0. The molecule has 0 bridgehead atoms. The van der Waals surface area contributed by atoms with Gasteiger partial charge in [-0.3, -0.25) is 0 Å². The van der Waals surface area contributed by atoms with E-state index in [-0.39, 0.29) is 76.2 Å². The van der Waals surface area contributed by atoms with E-state index in [9.17, 15) is 10.2 Å².